The Morgan fingerprint density at radius 2 is 2.10 bits per heavy atom. The number of nitrogens with zero attached hydrogens (tertiary/aromatic N) is 2. The molecule has 0 atom stereocenters. The lowest BCUT2D eigenvalue weighted by Gasteiger charge is -2.00. The van der Waals surface area contributed by atoms with Crippen molar-refractivity contribution in [2.24, 2.45) is 5.10 Å². The molecule has 7 heteroatoms. The third-order valence-corrected chi connectivity index (χ3v) is 2.46. The largest absolute Gasteiger partial charge is 0.460 e. The van der Waals surface area contributed by atoms with E-state index in [-0.39, 0.29) is 11.3 Å². The molecule has 0 saturated heterocycles. The van der Waals surface area contributed by atoms with E-state index in [0.717, 1.165) is 5.76 Å². The molecule has 2 aromatic rings. The maximum absolute atomic E-state index is 11.8. The molecule has 0 aliphatic rings. The zero-order chi connectivity index (χ0) is 14.5. The van der Waals surface area contributed by atoms with Crippen LogP contribution in [0.3, 0.4) is 0 Å². The molecule has 0 bridgehead atoms. The van der Waals surface area contributed by atoms with Gasteiger partial charge in [-0.05, 0) is 25.1 Å². The van der Waals surface area contributed by atoms with Crippen molar-refractivity contribution in [3.63, 3.8) is 0 Å². The smallest absolute Gasteiger partial charge is 0.282 e. The number of hydrazone groups is 1. The number of aryl methyl sites for hydroxylation is 1. The molecule has 0 spiro atoms. The maximum atomic E-state index is 11.8. The molecule has 1 aromatic heterocycles. The van der Waals surface area contributed by atoms with Crippen molar-refractivity contribution in [3.8, 4) is 0 Å². The van der Waals surface area contributed by atoms with E-state index in [1.54, 1.807) is 25.1 Å². The Balaban J connectivity index is 2.09. The molecule has 1 amide bonds. The van der Waals surface area contributed by atoms with E-state index in [0.29, 0.717) is 5.76 Å². The minimum absolute atomic E-state index is 0.0507. The normalized spacial score (nSPS) is 10.7. The quantitative estimate of drug-likeness (QED) is 0.524. The highest BCUT2D eigenvalue weighted by Crippen LogP contribution is 2.17. The van der Waals surface area contributed by atoms with Crippen molar-refractivity contribution in [2.45, 2.75) is 6.92 Å². The summed E-state index contributed by atoms with van der Waals surface area (Å²) in [5.74, 6) is 0.540. The van der Waals surface area contributed by atoms with Gasteiger partial charge in [0.2, 0.25) is 0 Å². The van der Waals surface area contributed by atoms with Crippen molar-refractivity contribution in [3.05, 3.63) is 63.6 Å². The summed E-state index contributed by atoms with van der Waals surface area (Å²) in [6.07, 6.45) is 1.32. The van der Waals surface area contributed by atoms with Crippen LogP contribution in [-0.2, 0) is 0 Å². The molecule has 7 nitrogen and oxygen atoms in total. The van der Waals surface area contributed by atoms with Crippen LogP contribution >= 0.6 is 0 Å². The molecule has 0 aliphatic heterocycles. The fraction of sp³-hybridized carbons (Fsp3) is 0.0769. The Hall–Kier alpha value is -2.96. The van der Waals surface area contributed by atoms with E-state index in [9.17, 15) is 14.9 Å². The number of hydrogen-bond donors (Lipinski definition) is 1. The van der Waals surface area contributed by atoms with Gasteiger partial charge in [-0.2, -0.15) is 5.10 Å². The van der Waals surface area contributed by atoms with Gasteiger partial charge in [-0.3, -0.25) is 14.9 Å². The van der Waals surface area contributed by atoms with Gasteiger partial charge in [0.05, 0.1) is 11.1 Å². The number of amides is 1. The summed E-state index contributed by atoms with van der Waals surface area (Å²) in [4.78, 5) is 22.0. The van der Waals surface area contributed by atoms with Crippen molar-refractivity contribution >= 4 is 17.8 Å². The Kier molecular flexibility index (Phi) is 3.90. The molecule has 1 N–H and O–H groups in total. The summed E-state index contributed by atoms with van der Waals surface area (Å²) in [6, 6.07) is 9.10. The Morgan fingerprint density at radius 1 is 1.35 bits per heavy atom. The topological polar surface area (TPSA) is 97.7 Å². The van der Waals surface area contributed by atoms with Crippen LogP contribution in [0.2, 0.25) is 0 Å². The van der Waals surface area contributed by atoms with Gasteiger partial charge in [0.1, 0.15) is 17.1 Å². The number of benzene rings is 1. The van der Waals surface area contributed by atoms with Crippen LogP contribution in [-0.4, -0.2) is 17.0 Å². The van der Waals surface area contributed by atoms with Gasteiger partial charge >= 0.3 is 0 Å². The van der Waals surface area contributed by atoms with Crippen LogP contribution in [0.25, 0.3) is 0 Å². The van der Waals surface area contributed by atoms with E-state index < -0.39 is 10.8 Å². The van der Waals surface area contributed by atoms with E-state index in [1.807, 2.05) is 0 Å². The third-order valence-electron chi connectivity index (χ3n) is 2.46. The van der Waals surface area contributed by atoms with Gasteiger partial charge in [-0.15, -0.1) is 0 Å². The Bertz CT molecular complexity index is 676. The lowest BCUT2D eigenvalue weighted by atomic mass is 10.2. The lowest BCUT2D eigenvalue weighted by molar-refractivity contribution is -0.385. The summed E-state index contributed by atoms with van der Waals surface area (Å²) in [7, 11) is 0. The second kappa shape index (κ2) is 5.79. The number of furan rings is 1. The van der Waals surface area contributed by atoms with Crippen LogP contribution < -0.4 is 5.43 Å². The minimum Gasteiger partial charge on any atom is -0.460 e. The van der Waals surface area contributed by atoms with Gasteiger partial charge in [0, 0.05) is 6.07 Å². The van der Waals surface area contributed by atoms with Gasteiger partial charge in [0.25, 0.3) is 11.6 Å². The highest BCUT2D eigenvalue weighted by molar-refractivity contribution is 5.98. The number of nitro groups is 1. The average Bonchev–Trinajstić information content (AvgIpc) is 2.84. The average molecular weight is 273 g/mol. The van der Waals surface area contributed by atoms with E-state index in [4.69, 9.17) is 4.42 Å². The van der Waals surface area contributed by atoms with E-state index >= 15 is 0 Å². The first-order valence-corrected chi connectivity index (χ1v) is 5.71. The standard InChI is InChI=1S/C13H11N3O4/c1-9-6-7-10(20-9)8-14-15-13(17)11-4-2-3-5-12(11)16(18)19/h2-8H,1H3,(H,15,17)/b14-8-. The first-order valence-electron chi connectivity index (χ1n) is 5.71. The fourth-order valence-electron chi connectivity index (χ4n) is 1.56. The molecule has 2 rings (SSSR count). The Labute approximate surface area is 114 Å². The van der Waals surface area contributed by atoms with Gasteiger partial charge in [-0.1, -0.05) is 12.1 Å². The summed E-state index contributed by atoms with van der Waals surface area (Å²) < 4.78 is 5.22. The third kappa shape index (κ3) is 3.08. The molecule has 0 radical (unpaired) electrons. The summed E-state index contributed by atoms with van der Waals surface area (Å²) in [6.45, 7) is 1.78. The number of nitrogens with one attached hydrogen (secondary N) is 1. The molecule has 0 unspecified atom stereocenters. The van der Waals surface area contributed by atoms with Crippen molar-refractivity contribution in [2.75, 3.05) is 0 Å². The lowest BCUT2D eigenvalue weighted by Crippen LogP contribution is -2.18. The first-order chi connectivity index (χ1) is 9.58. The van der Waals surface area contributed by atoms with Crippen molar-refractivity contribution in [1.82, 2.24) is 5.43 Å². The zero-order valence-electron chi connectivity index (χ0n) is 10.6. The van der Waals surface area contributed by atoms with Crippen LogP contribution in [0.15, 0.2) is 45.9 Å². The molecule has 102 valence electrons. The Morgan fingerprint density at radius 3 is 2.75 bits per heavy atom. The van der Waals surface area contributed by atoms with Gasteiger partial charge in [-0.25, -0.2) is 5.43 Å². The summed E-state index contributed by atoms with van der Waals surface area (Å²) in [5, 5.41) is 14.5. The summed E-state index contributed by atoms with van der Waals surface area (Å²) in [5.41, 5.74) is 1.90. The van der Waals surface area contributed by atoms with E-state index in [1.165, 1.54) is 24.4 Å². The van der Waals surface area contributed by atoms with Gasteiger partial charge in [0.15, 0.2) is 0 Å². The second-order valence-corrected chi connectivity index (χ2v) is 3.92. The summed E-state index contributed by atoms with van der Waals surface area (Å²) >= 11 is 0. The van der Waals surface area contributed by atoms with Crippen molar-refractivity contribution < 1.29 is 14.1 Å². The maximum Gasteiger partial charge on any atom is 0.282 e. The molecule has 0 aliphatic carbocycles. The predicted octanol–water partition coefficient (Wildman–Crippen LogP) is 2.26. The van der Waals surface area contributed by atoms with Crippen molar-refractivity contribution in [1.29, 1.82) is 0 Å². The highest BCUT2D eigenvalue weighted by atomic mass is 16.6. The van der Waals surface area contributed by atoms with Crippen LogP contribution in [0.1, 0.15) is 21.9 Å². The number of hydrogen-bond acceptors (Lipinski definition) is 5. The molecular formula is C13H11N3O4. The molecule has 1 aromatic carbocycles. The fourth-order valence-corrected chi connectivity index (χ4v) is 1.56. The number of para-hydroxylation sites is 1. The van der Waals surface area contributed by atoms with Crippen LogP contribution in [0.5, 0.6) is 0 Å². The number of carbonyl (C=O) groups excluding carboxylic acids is 1. The number of rotatable bonds is 4. The van der Waals surface area contributed by atoms with Crippen LogP contribution in [0.4, 0.5) is 5.69 Å². The van der Waals surface area contributed by atoms with E-state index in [2.05, 4.69) is 10.5 Å². The zero-order valence-corrected chi connectivity index (χ0v) is 10.6. The molecule has 20 heavy (non-hydrogen) atoms. The molecule has 1 heterocycles. The highest BCUT2D eigenvalue weighted by Gasteiger charge is 2.18. The predicted molar refractivity (Wildman–Crippen MR) is 71.6 cm³/mol. The molecule has 0 fully saturated rings. The first kappa shape index (κ1) is 13.5. The molecular weight excluding hydrogens is 262 g/mol. The monoisotopic (exact) mass is 273 g/mol. The number of carbonyl (C=O) groups is 1. The molecule has 0 saturated carbocycles. The minimum atomic E-state index is -0.656. The second-order valence-electron chi connectivity index (χ2n) is 3.92. The van der Waals surface area contributed by atoms with Gasteiger partial charge < -0.3 is 4.42 Å². The SMILES string of the molecule is Cc1ccc(/C=N\NC(=O)c2ccccc2[N+](=O)[O-])o1. The number of nitro benzene ring substituents is 1. The van der Waals surface area contributed by atoms with Crippen LogP contribution in [0, 0.1) is 17.0 Å².